The Labute approximate surface area is 115 Å². The van der Waals surface area contributed by atoms with Gasteiger partial charge in [0.05, 0.1) is 12.2 Å². The fraction of sp³-hybridized carbons (Fsp3) is 0.438. The first-order valence-corrected chi connectivity index (χ1v) is 6.76. The number of nitrogens with zero attached hydrogens (tertiary/aromatic N) is 2. The van der Waals surface area contributed by atoms with Crippen LogP contribution in [0, 0.1) is 27.7 Å². The highest BCUT2D eigenvalue weighted by molar-refractivity contribution is 5.32. The van der Waals surface area contributed by atoms with Crippen molar-refractivity contribution in [2.24, 2.45) is 0 Å². The SMILES string of the molecule is CNCc1c(C)nn(Cc2ccc(C)cc2C)c1C. The number of aromatic nitrogens is 2. The molecule has 102 valence electrons. The van der Waals surface area contributed by atoms with Crippen LogP contribution in [0.5, 0.6) is 0 Å². The van der Waals surface area contributed by atoms with Crippen molar-refractivity contribution in [1.29, 1.82) is 0 Å². The first kappa shape index (κ1) is 13.8. The predicted octanol–water partition coefficient (Wildman–Crippen LogP) is 2.88. The third kappa shape index (κ3) is 2.87. The molecule has 0 atom stereocenters. The Bertz CT molecular complexity index is 582. The first-order valence-electron chi connectivity index (χ1n) is 6.76. The molecule has 1 N–H and O–H groups in total. The minimum atomic E-state index is 0.850. The second-order valence-electron chi connectivity index (χ2n) is 5.27. The van der Waals surface area contributed by atoms with Crippen LogP contribution in [-0.4, -0.2) is 16.8 Å². The molecule has 0 bridgehead atoms. The molecule has 1 aromatic carbocycles. The molecule has 3 heteroatoms. The molecular formula is C16H23N3. The molecule has 19 heavy (non-hydrogen) atoms. The molecule has 0 radical (unpaired) electrons. The van der Waals surface area contributed by atoms with Crippen LogP contribution in [-0.2, 0) is 13.1 Å². The zero-order valence-corrected chi connectivity index (χ0v) is 12.5. The molecule has 0 aliphatic heterocycles. The van der Waals surface area contributed by atoms with Crippen molar-refractivity contribution in [3.8, 4) is 0 Å². The average Bonchev–Trinajstić information content (AvgIpc) is 2.61. The zero-order valence-electron chi connectivity index (χ0n) is 12.5. The number of nitrogens with one attached hydrogen (secondary N) is 1. The summed E-state index contributed by atoms with van der Waals surface area (Å²) in [4.78, 5) is 0. The van der Waals surface area contributed by atoms with Gasteiger partial charge in [0.15, 0.2) is 0 Å². The lowest BCUT2D eigenvalue weighted by Gasteiger charge is -2.09. The third-order valence-corrected chi connectivity index (χ3v) is 3.70. The molecule has 1 heterocycles. The summed E-state index contributed by atoms with van der Waals surface area (Å²) in [5.74, 6) is 0. The Morgan fingerprint density at radius 1 is 1.16 bits per heavy atom. The molecule has 0 unspecified atom stereocenters. The van der Waals surface area contributed by atoms with Gasteiger partial charge in [-0.3, -0.25) is 4.68 Å². The highest BCUT2D eigenvalue weighted by Crippen LogP contribution is 2.17. The molecule has 1 aromatic heterocycles. The van der Waals surface area contributed by atoms with Crippen LogP contribution in [0.3, 0.4) is 0 Å². The summed E-state index contributed by atoms with van der Waals surface area (Å²) < 4.78 is 2.11. The van der Waals surface area contributed by atoms with Crippen molar-refractivity contribution in [3.63, 3.8) is 0 Å². The predicted molar refractivity (Wildman–Crippen MR) is 79.5 cm³/mol. The Kier molecular flexibility index (Phi) is 4.05. The summed E-state index contributed by atoms with van der Waals surface area (Å²) >= 11 is 0. The number of aryl methyl sites for hydroxylation is 3. The molecule has 0 spiro atoms. The second-order valence-corrected chi connectivity index (χ2v) is 5.27. The van der Waals surface area contributed by atoms with Gasteiger partial charge in [-0.2, -0.15) is 5.10 Å². The summed E-state index contributed by atoms with van der Waals surface area (Å²) in [6.45, 7) is 10.3. The molecule has 3 nitrogen and oxygen atoms in total. The van der Waals surface area contributed by atoms with Gasteiger partial charge < -0.3 is 5.32 Å². The van der Waals surface area contributed by atoms with Crippen LogP contribution in [0.25, 0.3) is 0 Å². The van der Waals surface area contributed by atoms with E-state index in [1.165, 1.54) is 27.9 Å². The van der Waals surface area contributed by atoms with E-state index in [1.54, 1.807) is 0 Å². The molecule has 0 amide bonds. The molecule has 0 aliphatic rings. The Morgan fingerprint density at radius 3 is 2.53 bits per heavy atom. The summed E-state index contributed by atoms with van der Waals surface area (Å²) in [6.07, 6.45) is 0. The Hall–Kier alpha value is -1.61. The minimum absolute atomic E-state index is 0.850. The van der Waals surface area contributed by atoms with Crippen molar-refractivity contribution >= 4 is 0 Å². The van der Waals surface area contributed by atoms with Gasteiger partial charge in [-0.25, -0.2) is 0 Å². The summed E-state index contributed by atoms with van der Waals surface area (Å²) in [5.41, 5.74) is 7.68. The van der Waals surface area contributed by atoms with E-state index in [9.17, 15) is 0 Å². The first-order chi connectivity index (χ1) is 9.02. The number of hydrogen-bond donors (Lipinski definition) is 1. The summed E-state index contributed by atoms with van der Waals surface area (Å²) in [6, 6.07) is 6.61. The van der Waals surface area contributed by atoms with Crippen LogP contribution in [0.4, 0.5) is 0 Å². The van der Waals surface area contributed by atoms with Crippen molar-refractivity contribution in [2.45, 2.75) is 40.8 Å². The Balaban J connectivity index is 2.31. The lowest BCUT2D eigenvalue weighted by Crippen LogP contribution is -2.09. The van der Waals surface area contributed by atoms with Gasteiger partial charge in [0.1, 0.15) is 0 Å². The van der Waals surface area contributed by atoms with Crippen molar-refractivity contribution < 1.29 is 0 Å². The van der Waals surface area contributed by atoms with Gasteiger partial charge in [0.2, 0.25) is 0 Å². The Morgan fingerprint density at radius 2 is 1.89 bits per heavy atom. The van der Waals surface area contributed by atoms with E-state index in [-0.39, 0.29) is 0 Å². The average molecular weight is 257 g/mol. The van der Waals surface area contributed by atoms with Gasteiger partial charge in [-0.05, 0) is 45.9 Å². The van der Waals surface area contributed by atoms with Gasteiger partial charge in [0.25, 0.3) is 0 Å². The van der Waals surface area contributed by atoms with Crippen LogP contribution >= 0.6 is 0 Å². The summed E-state index contributed by atoms with van der Waals surface area (Å²) in [7, 11) is 1.97. The lowest BCUT2D eigenvalue weighted by atomic mass is 10.1. The molecule has 0 saturated carbocycles. The van der Waals surface area contributed by atoms with Gasteiger partial charge in [-0.15, -0.1) is 0 Å². The maximum absolute atomic E-state index is 4.66. The molecular weight excluding hydrogens is 234 g/mol. The molecule has 2 rings (SSSR count). The van der Waals surface area contributed by atoms with Crippen LogP contribution in [0.2, 0.25) is 0 Å². The highest BCUT2D eigenvalue weighted by Gasteiger charge is 2.11. The fourth-order valence-corrected chi connectivity index (χ4v) is 2.51. The van der Waals surface area contributed by atoms with Crippen LogP contribution in [0.1, 0.15) is 33.6 Å². The topological polar surface area (TPSA) is 29.9 Å². The third-order valence-electron chi connectivity index (χ3n) is 3.70. The maximum atomic E-state index is 4.66. The highest BCUT2D eigenvalue weighted by atomic mass is 15.3. The van der Waals surface area contributed by atoms with E-state index < -0.39 is 0 Å². The standard InChI is InChI=1S/C16H23N3/c1-11-6-7-15(12(2)8-11)10-19-14(4)16(9-17-5)13(3)18-19/h6-8,17H,9-10H2,1-5H3. The molecule has 0 fully saturated rings. The molecule has 0 aliphatic carbocycles. The van der Waals surface area contributed by atoms with Crippen molar-refractivity contribution in [2.75, 3.05) is 7.05 Å². The smallest absolute Gasteiger partial charge is 0.0665 e. The fourth-order valence-electron chi connectivity index (χ4n) is 2.51. The summed E-state index contributed by atoms with van der Waals surface area (Å²) in [5, 5.41) is 7.87. The molecule has 2 aromatic rings. The van der Waals surface area contributed by atoms with Crippen LogP contribution < -0.4 is 5.32 Å². The quantitative estimate of drug-likeness (QED) is 0.912. The van der Waals surface area contributed by atoms with Crippen molar-refractivity contribution in [1.82, 2.24) is 15.1 Å². The molecule has 0 saturated heterocycles. The largest absolute Gasteiger partial charge is 0.316 e. The van der Waals surface area contributed by atoms with Gasteiger partial charge in [0, 0.05) is 17.8 Å². The van der Waals surface area contributed by atoms with E-state index in [2.05, 4.69) is 61.0 Å². The normalized spacial score (nSPS) is 11.0. The number of rotatable bonds is 4. The van der Waals surface area contributed by atoms with E-state index >= 15 is 0 Å². The second kappa shape index (κ2) is 5.57. The van der Waals surface area contributed by atoms with E-state index in [0.29, 0.717) is 0 Å². The maximum Gasteiger partial charge on any atom is 0.0665 e. The van der Waals surface area contributed by atoms with Gasteiger partial charge in [-0.1, -0.05) is 23.8 Å². The van der Waals surface area contributed by atoms with Gasteiger partial charge >= 0.3 is 0 Å². The number of benzene rings is 1. The number of hydrogen-bond acceptors (Lipinski definition) is 2. The van der Waals surface area contributed by atoms with E-state index in [4.69, 9.17) is 0 Å². The van der Waals surface area contributed by atoms with Crippen molar-refractivity contribution in [3.05, 3.63) is 51.8 Å². The van der Waals surface area contributed by atoms with E-state index in [0.717, 1.165) is 18.8 Å². The monoisotopic (exact) mass is 257 g/mol. The minimum Gasteiger partial charge on any atom is -0.316 e. The van der Waals surface area contributed by atoms with Crippen LogP contribution in [0.15, 0.2) is 18.2 Å². The lowest BCUT2D eigenvalue weighted by molar-refractivity contribution is 0.654. The van der Waals surface area contributed by atoms with E-state index in [1.807, 2.05) is 7.05 Å². The zero-order chi connectivity index (χ0) is 14.0.